The van der Waals surface area contributed by atoms with Gasteiger partial charge in [-0.1, -0.05) is 6.08 Å². The number of carbonyl (C=O) groups is 1. The van der Waals surface area contributed by atoms with Crippen LogP contribution in [0.4, 0.5) is 13.2 Å². The molecule has 0 aromatic carbocycles. The largest absolute Gasteiger partial charge is 0.478 e. The van der Waals surface area contributed by atoms with Crippen LogP contribution in [0.2, 0.25) is 0 Å². The van der Waals surface area contributed by atoms with Crippen molar-refractivity contribution in [3.63, 3.8) is 0 Å². The van der Waals surface area contributed by atoms with Gasteiger partial charge in [0.05, 0.1) is 5.41 Å². The average molecular weight is 182 g/mol. The molecule has 70 valence electrons. The summed E-state index contributed by atoms with van der Waals surface area (Å²) in [6.45, 7) is -3.74. The molecule has 5 heteroatoms. The van der Waals surface area contributed by atoms with Crippen LogP contribution < -0.4 is 0 Å². The van der Waals surface area contributed by atoms with E-state index in [1.54, 1.807) is 0 Å². The molecule has 0 heterocycles. The molecule has 0 atom stereocenters. The third-order valence-corrected chi connectivity index (χ3v) is 1.38. The fraction of sp³-hybridized carbons (Fsp3) is 0.571. The van der Waals surface area contributed by atoms with Gasteiger partial charge in [-0.3, -0.25) is 0 Å². The predicted octanol–water partition coefficient (Wildman–Crippen LogP) is 1.52. The van der Waals surface area contributed by atoms with Gasteiger partial charge in [0.15, 0.2) is 0 Å². The van der Waals surface area contributed by atoms with Crippen LogP contribution in [-0.2, 0) is 4.79 Å². The summed E-state index contributed by atoms with van der Waals surface area (Å²) in [5.74, 6) is -1.35. The Balaban J connectivity index is 4.39. The zero-order chi connectivity index (χ0) is 9.61. The third kappa shape index (κ3) is 2.94. The predicted molar refractivity (Wildman–Crippen MR) is 37.1 cm³/mol. The summed E-state index contributed by atoms with van der Waals surface area (Å²) in [4.78, 5) is 9.94. The van der Waals surface area contributed by atoms with Gasteiger partial charge in [0.2, 0.25) is 0 Å². The van der Waals surface area contributed by atoms with Crippen molar-refractivity contribution in [3.8, 4) is 0 Å². The molecule has 12 heavy (non-hydrogen) atoms. The second-order valence-electron chi connectivity index (χ2n) is 2.43. The monoisotopic (exact) mass is 182 g/mol. The van der Waals surface area contributed by atoms with E-state index in [0.29, 0.717) is 12.2 Å². The van der Waals surface area contributed by atoms with Gasteiger partial charge < -0.3 is 5.11 Å². The number of aliphatic carboxylic acids is 1. The van der Waals surface area contributed by atoms with Crippen molar-refractivity contribution in [3.05, 3.63) is 12.2 Å². The van der Waals surface area contributed by atoms with Crippen molar-refractivity contribution >= 4 is 5.97 Å². The highest BCUT2D eigenvalue weighted by atomic mass is 19.1. The van der Waals surface area contributed by atoms with Gasteiger partial charge in [0.25, 0.3) is 0 Å². The van der Waals surface area contributed by atoms with E-state index in [0.717, 1.165) is 0 Å². The van der Waals surface area contributed by atoms with Crippen LogP contribution in [0, 0.1) is 5.41 Å². The number of rotatable bonds is 5. The maximum absolute atomic E-state index is 12.0. The summed E-state index contributed by atoms with van der Waals surface area (Å²) < 4.78 is 36.1. The van der Waals surface area contributed by atoms with E-state index in [1.807, 2.05) is 0 Å². The summed E-state index contributed by atoms with van der Waals surface area (Å²) in [5, 5.41) is 8.11. The molecule has 0 spiro atoms. The van der Waals surface area contributed by atoms with Crippen molar-refractivity contribution in [2.24, 2.45) is 5.41 Å². The molecule has 0 radical (unpaired) electrons. The highest BCUT2D eigenvalue weighted by Crippen LogP contribution is 2.21. The molecule has 0 aliphatic heterocycles. The number of hydrogen-bond acceptors (Lipinski definition) is 1. The fourth-order valence-electron chi connectivity index (χ4n) is 0.489. The maximum atomic E-state index is 12.0. The van der Waals surface area contributed by atoms with Crippen molar-refractivity contribution in [1.29, 1.82) is 0 Å². The van der Waals surface area contributed by atoms with Gasteiger partial charge in [-0.2, -0.15) is 0 Å². The molecule has 0 fully saturated rings. The molecule has 0 saturated carbocycles. The summed E-state index contributed by atoms with van der Waals surface area (Å²) in [6, 6.07) is 0. The lowest BCUT2D eigenvalue weighted by Crippen LogP contribution is -2.26. The minimum Gasteiger partial charge on any atom is -0.478 e. The molecule has 0 unspecified atom stereocenters. The van der Waals surface area contributed by atoms with Crippen molar-refractivity contribution < 1.29 is 23.1 Å². The van der Waals surface area contributed by atoms with Gasteiger partial charge >= 0.3 is 5.97 Å². The van der Waals surface area contributed by atoms with E-state index >= 15 is 0 Å². The van der Waals surface area contributed by atoms with Gasteiger partial charge in [-0.15, -0.1) is 0 Å². The van der Waals surface area contributed by atoms with Gasteiger partial charge in [0, 0.05) is 6.08 Å². The molecule has 0 aliphatic rings. The Labute approximate surface area is 67.7 Å². The molecular formula is C7H9F3O2. The first kappa shape index (κ1) is 11.0. The van der Waals surface area contributed by atoms with Gasteiger partial charge in [-0.25, -0.2) is 18.0 Å². The molecule has 0 aromatic heterocycles. The number of carboxylic acids is 1. The molecular weight excluding hydrogens is 173 g/mol. The number of alkyl halides is 3. The second-order valence-corrected chi connectivity index (χ2v) is 2.43. The van der Waals surface area contributed by atoms with E-state index in [1.165, 1.54) is 0 Å². The Morgan fingerprint density at radius 1 is 1.25 bits per heavy atom. The molecule has 1 N–H and O–H groups in total. The lowest BCUT2D eigenvalue weighted by atomic mass is 9.93. The van der Waals surface area contributed by atoms with Gasteiger partial charge in [0.1, 0.15) is 20.0 Å². The Kier molecular flexibility index (Phi) is 4.39. The average Bonchev–Trinajstić information content (AvgIpc) is 2.08. The minimum atomic E-state index is -1.90. The molecule has 2 nitrogen and oxygen atoms in total. The van der Waals surface area contributed by atoms with Crippen LogP contribution in [0.15, 0.2) is 12.2 Å². The maximum Gasteiger partial charge on any atom is 0.328 e. The summed E-state index contributed by atoms with van der Waals surface area (Å²) in [6.07, 6.45) is 1.24. The first-order chi connectivity index (χ1) is 5.60. The number of carboxylic acid groups (broad SMARTS) is 1. The zero-order valence-corrected chi connectivity index (χ0v) is 6.27. The molecule has 0 rings (SSSR count). The highest BCUT2D eigenvalue weighted by molar-refractivity contribution is 5.79. The van der Waals surface area contributed by atoms with Crippen LogP contribution in [0.25, 0.3) is 0 Å². The molecule has 0 saturated heterocycles. The smallest absolute Gasteiger partial charge is 0.328 e. The number of allylic oxidation sites excluding steroid dienone is 1. The van der Waals surface area contributed by atoms with Crippen LogP contribution in [-0.4, -0.2) is 31.1 Å². The second kappa shape index (κ2) is 4.79. The number of hydrogen-bond donors (Lipinski definition) is 1. The molecule has 0 aliphatic carbocycles. The molecule has 0 aromatic rings. The van der Waals surface area contributed by atoms with Crippen molar-refractivity contribution in [2.45, 2.75) is 0 Å². The standard InChI is InChI=1S/C7H9F3O2/c8-3-7(4-9,5-10)2-1-6(11)12/h1-2H,3-5H2,(H,11,12)/b2-1+. The highest BCUT2D eigenvalue weighted by Gasteiger charge is 2.27. The Bertz CT molecular complexity index is 167. The molecule has 0 bridgehead atoms. The summed E-state index contributed by atoms with van der Waals surface area (Å²) in [7, 11) is 0. The van der Waals surface area contributed by atoms with E-state index in [-0.39, 0.29) is 0 Å². The van der Waals surface area contributed by atoms with Crippen LogP contribution in [0.1, 0.15) is 0 Å². The van der Waals surface area contributed by atoms with Crippen molar-refractivity contribution in [1.82, 2.24) is 0 Å². The van der Waals surface area contributed by atoms with E-state index in [9.17, 15) is 18.0 Å². The Hall–Kier alpha value is -1.00. The van der Waals surface area contributed by atoms with E-state index < -0.39 is 31.4 Å². The van der Waals surface area contributed by atoms with Crippen molar-refractivity contribution in [2.75, 3.05) is 20.0 Å². The normalized spacial score (nSPS) is 12.2. The van der Waals surface area contributed by atoms with Crippen LogP contribution in [0.3, 0.4) is 0 Å². The molecule has 0 amide bonds. The lowest BCUT2D eigenvalue weighted by Gasteiger charge is -2.18. The summed E-state index contributed by atoms with van der Waals surface area (Å²) in [5.41, 5.74) is -1.90. The lowest BCUT2D eigenvalue weighted by molar-refractivity contribution is -0.131. The van der Waals surface area contributed by atoms with Gasteiger partial charge in [-0.05, 0) is 0 Å². The third-order valence-electron chi connectivity index (χ3n) is 1.38. The van der Waals surface area contributed by atoms with E-state index in [2.05, 4.69) is 0 Å². The van der Waals surface area contributed by atoms with E-state index in [4.69, 9.17) is 5.11 Å². The Morgan fingerprint density at radius 2 is 1.67 bits per heavy atom. The first-order valence-electron chi connectivity index (χ1n) is 3.20. The summed E-state index contributed by atoms with van der Waals surface area (Å²) >= 11 is 0. The quantitative estimate of drug-likeness (QED) is 0.654. The zero-order valence-electron chi connectivity index (χ0n) is 6.27. The van der Waals surface area contributed by atoms with Crippen LogP contribution in [0.5, 0.6) is 0 Å². The topological polar surface area (TPSA) is 37.3 Å². The SMILES string of the molecule is O=C(O)/C=C/C(CF)(CF)CF. The minimum absolute atomic E-state index is 0.540. The Morgan fingerprint density at radius 3 is 1.92 bits per heavy atom. The first-order valence-corrected chi connectivity index (χ1v) is 3.20. The van der Waals surface area contributed by atoms with Crippen LogP contribution >= 0.6 is 0 Å². The fourth-order valence-corrected chi connectivity index (χ4v) is 0.489. The number of halogens is 3.